The summed E-state index contributed by atoms with van der Waals surface area (Å²) in [5.41, 5.74) is -0.389. The Bertz CT molecular complexity index is 1020. The number of rotatable bonds is 4. The van der Waals surface area contributed by atoms with Crippen molar-refractivity contribution in [3.63, 3.8) is 0 Å². The van der Waals surface area contributed by atoms with Gasteiger partial charge in [0.25, 0.3) is 5.91 Å². The number of hydrogen-bond donors (Lipinski definition) is 1. The van der Waals surface area contributed by atoms with Crippen molar-refractivity contribution in [1.29, 1.82) is 0 Å². The second-order valence-corrected chi connectivity index (χ2v) is 7.78. The maximum absolute atomic E-state index is 13.7. The van der Waals surface area contributed by atoms with Crippen LogP contribution in [0.1, 0.15) is 12.5 Å². The predicted molar refractivity (Wildman–Crippen MR) is 109 cm³/mol. The molecule has 0 radical (unpaired) electrons. The van der Waals surface area contributed by atoms with E-state index in [4.69, 9.17) is 0 Å². The van der Waals surface area contributed by atoms with Crippen LogP contribution >= 0.6 is 0 Å². The third kappa shape index (κ3) is 3.83. The summed E-state index contributed by atoms with van der Waals surface area (Å²) in [5, 5.41) is 2.50. The summed E-state index contributed by atoms with van der Waals surface area (Å²) in [4.78, 5) is 42.7. The lowest BCUT2D eigenvalue weighted by Gasteiger charge is -2.36. The average Bonchev–Trinajstić information content (AvgIpc) is 3.00. The van der Waals surface area contributed by atoms with E-state index in [2.05, 4.69) is 10.2 Å². The minimum absolute atomic E-state index is 0.108. The third-order valence-electron chi connectivity index (χ3n) is 5.82. The Morgan fingerprint density at radius 1 is 1.00 bits per heavy atom. The zero-order valence-corrected chi connectivity index (χ0v) is 17.0. The molecule has 1 N–H and O–H groups in total. The van der Waals surface area contributed by atoms with Gasteiger partial charge in [0.05, 0.1) is 0 Å². The van der Waals surface area contributed by atoms with Gasteiger partial charge < -0.3 is 15.1 Å². The van der Waals surface area contributed by atoms with Crippen molar-refractivity contribution in [2.45, 2.75) is 12.5 Å². The number of hydrogen-bond acceptors (Lipinski definition) is 4. The first kappa shape index (κ1) is 20.8. The van der Waals surface area contributed by atoms with E-state index in [0.29, 0.717) is 26.2 Å². The summed E-state index contributed by atoms with van der Waals surface area (Å²) in [6, 6.07) is 12.1. The third-order valence-corrected chi connectivity index (χ3v) is 5.82. The van der Waals surface area contributed by atoms with Crippen LogP contribution in [0.3, 0.4) is 0 Å². The van der Waals surface area contributed by atoms with Gasteiger partial charge in [0.1, 0.15) is 12.1 Å². The van der Waals surface area contributed by atoms with E-state index < -0.39 is 35.7 Å². The first-order valence-corrected chi connectivity index (χ1v) is 9.97. The normalized spacial score (nSPS) is 21.5. The van der Waals surface area contributed by atoms with E-state index in [1.165, 1.54) is 13.0 Å². The molecule has 4 amide bonds. The van der Waals surface area contributed by atoms with Gasteiger partial charge in [-0.1, -0.05) is 24.3 Å². The first-order chi connectivity index (χ1) is 14.8. The number of benzene rings is 2. The highest BCUT2D eigenvalue weighted by molar-refractivity contribution is 6.09. The minimum atomic E-state index is -1.57. The lowest BCUT2D eigenvalue weighted by Crippen LogP contribution is -2.52. The zero-order valence-electron chi connectivity index (χ0n) is 17.0. The monoisotopic (exact) mass is 428 g/mol. The van der Waals surface area contributed by atoms with Gasteiger partial charge in [-0.15, -0.1) is 0 Å². The number of halogens is 2. The number of amides is 4. The van der Waals surface area contributed by atoms with Gasteiger partial charge in [-0.2, -0.15) is 0 Å². The molecule has 2 saturated heterocycles. The molecule has 2 heterocycles. The summed E-state index contributed by atoms with van der Waals surface area (Å²) in [7, 11) is 0. The molecule has 1 unspecified atom stereocenters. The van der Waals surface area contributed by atoms with E-state index in [0.717, 1.165) is 22.7 Å². The number of carbonyl (C=O) groups excluding carboxylic acids is 3. The van der Waals surface area contributed by atoms with Gasteiger partial charge in [-0.05, 0) is 36.8 Å². The fourth-order valence-corrected chi connectivity index (χ4v) is 3.93. The van der Waals surface area contributed by atoms with Crippen molar-refractivity contribution < 1.29 is 23.2 Å². The standard InChI is InChI=1S/C22H22F2N4O3/c1-22(15-7-8-17(23)18(24)13-15)20(30)28(21(31)25-22)14-19(29)27-11-9-26(10-12-27)16-5-3-2-4-6-16/h2-8,13H,9-12,14H2,1H3,(H,25,31). The minimum Gasteiger partial charge on any atom is -0.368 e. The number of anilines is 1. The Balaban J connectivity index is 1.41. The average molecular weight is 428 g/mol. The zero-order chi connectivity index (χ0) is 22.2. The SMILES string of the molecule is CC1(c2ccc(F)c(F)c2)NC(=O)N(CC(=O)N2CCN(c3ccccc3)CC2)C1=O. The maximum atomic E-state index is 13.7. The van der Waals surface area contributed by atoms with E-state index in [1.54, 1.807) is 4.90 Å². The van der Waals surface area contributed by atoms with Crippen LogP contribution in [0.15, 0.2) is 48.5 Å². The Morgan fingerprint density at radius 3 is 2.32 bits per heavy atom. The van der Waals surface area contributed by atoms with Crippen LogP contribution in [0, 0.1) is 11.6 Å². The maximum Gasteiger partial charge on any atom is 0.325 e. The van der Waals surface area contributed by atoms with Crippen molar-refractivity contribution in [1.82, 2.24) is 15.1 Å². The van der Waals surface area contributed by atoms with Gasteiger partial charge in [0.15, 0.2) is 11.6 Å². The molecular weight excluding hydrogens is 406 g/mol. The lowest BCUT2D eigenvalue weighted by molar-refractivity contribution is -0.139. The molecule has 2 aromatic rings. The van der Waals surface area contributed by atoms with Gasteiger partial charge in [-0.25, -0.2) is 13.6 Å². The van der Waals surface area contributed by atoms with Crippen molar-refractivity contribution in [3.05, 3.63) is 65.7 Å². The Labute approximate surface area is 178 Å². The molecule has 0 aliphatic carbocycles. The fraction of sp³-hybridized carbons (Fsp3) is 0.318. The summed E-state index contributed by atoms with van der Waals surface area (Å²) in [6.45, 7) is 3.22. The second-order valence-electron chi connectivity index (χ2n) is 7.78. The molecule has 31 heavy (non-hydrogen) atoms. The summed E-state index contributed by atoms with van der Waals surface area (Å²) >= 11 is 0. The molecule has 2 fully saturated rings. The molecule has 4 rings (SSSR count). The summed E-state index contributed by atoms with van der Waals surface area (Å²) in [6.07, 6.45) is 0. The molecule has 9 heteroatoms. The highest BCUT2D eigenvalue weighted by atomic mass is 19.2. The topological polar surface area (TPSA) is 73.0 Å². The molecular formula is C22H22F2N4O3. The quantitative estimate of drug-likeness (QED) is 0.757. The van der Waals surface area contributed by atoms with Crippen LogP contribution < -0.4 is 10.2 Å². The van der Waals surface area contributed by atoms with Gasteiger partial charge in [0, 0.05) is 31.9 Å². The number of imide groups is 1. The predicted octanol–water partition coefficient (Wildman–Crippen LogP) is 2.08. The van der Waals surface area contributed by atoms with E-state index in [-0.39, 0.29) is 11.5 Å². The van der Waals surface area contributed by atoms with Crippen LogP contribution in [0.5, 0.6) is 0 Å². The molecule has 0 saturated carbocycles. The second kappa shape index (κ2) is 7.98. The molecule has 2 aromatic carbocycles. The Morgan fingerprint density at radius 2 is 1.68 bits per heavy atom. The van der Waals surface area contributed by atoms with Crippen LogP contribution in [0.2, 0.25) is 0 Å². The lowest BCUT2D eigenvalue weighted by atomic mass is 9.92. The highest BCUT2D eigenvalue weighted by Crippen LogP contribution is 2.30. The van der Waals surface area contributed by atoms with E-state index >= 15 is 0 Å². The van der Waals surface area contributed by atoms with Crippen LogP contribution in [-0.4, -0.2) is 60.4 Å². The molecule has 0 spiro atoms. The number of piperazine rings is 1. The molecule has 0 bridgehead atoms. The smallest absolute Gasteiger partial charge is 0.325 e. The van der Waals surface area contributed by atoms with Gasteiger partial charge in [-0.3, -0.25) is 14.5 Å². The molecule has 2 aliphatic rings. The Kier molecular flexibility index (Phi) is 5.34. The van der Waals surface area contributed by atoms with Gasteiger partial charge >= 0.3 is 6.03 Å². The summed E-state index contributed by atoms with van der Waals surface area (Å²) in [5.74, 6) is -3.19. The van der Waals surface area contributed by atoms with Crippen molar-refractivity contribution >= 4 is 23.5 Å². The van der Waals surface area contributed by atoms with Gasteiger partial charge in [0.2, 0.25) is 5.91 Å². The number of nitrogens with zero attached hydrogens (tertiary/aromatic N) is 3. The number of urea groups is 1. The molecule has 0 aromatic heterocycles. The first-order valence-electron chi connectivity index (χ1n) is 9.97. The molecule has 162 valence electrons. The Hall–Kier alpha value is -3.49. The van der Waals surface area contributed by atoms with Crippen LogP contribution in [-0.2, 0) is 15.1 Å². The number of nitrogens with one attached hydrogen (secondary N) is 1. The fourth-order valence-electron chi connectivity index (χ4n) is 3.93. The summed E-state index contributed by atoms with van der Waals surface area (Å²) < 4.78 is 26.9. The van der Waals surface area contributed by atoms with Crippen molar-refractivity contribution in [3.8, 4) is 0 Å². The van der Waals surface area contributed by atoms with Crippen molar-refractivity contribution in [2.24, 2.45) is 0 Å². The van der Waals surface area contributed by atoms with E-state index in [1.807, 2.05) is 30.3 Å². The molecule has 1 atom stereocenters. The number of para-hydroxylation sites is 1. The van der Waals surface area contributed by atoms with Crippen molar-refractivity contribution in [2.75, 3.05) is 37.6 Å². The molecule has 7 nitrogen and oxygen atoms in total. The molecule has 2 aliphatic heterocycles. The van der Waals surface area contributed by atoms with Crippen LogP contribution in [0.4, 0.5) is 19.3 Å². The van der Waals surface area contributed by atoms with Crippen LogP contribution in [0.25, 0.3) is 0 Å². The largest absolute Gasteiger partial charge is 0.368 e. The number of carbonyl (C=O) groups is 3. The van der Waals surface area contributed by atoms with E-state index in [9.17, 15) is 23.2 Å². The highest BCUT2D eigenvalue weighted by Gasteiger charge is 2.50.